The van der Waals surface area contributed by atoms with Gasteiger partial charge in [0.25, 0.3) is 0 Å². The Morgan fingerprint density at radius 1 is 0.708 bits per heavy atom. The molecule has 0 spiro atoms. The first-order valence-electron chi connectivity index (χ1n) is 18.0. The van der Waals surface area contributed by atoms with Crippen LogP contribution in [0.25, 0.3) is 5.57 Å². The average Bonchev–Trinajstić information content (AvgIpc) is 3.06. The van der Waals surface area contributed by atoms with Crippen LogP contribution < -0.4 is 0 Å². The van der Waals surface area contributed by atoms with Gasteiger partial charge in [0.1, 0.15) is 0 Å². The molecule has 0 saturated heterocycles. The van der Waals surface area contributed by atoms with Crippen LogP contribution in [-0.4, -0.2) is 0 Å². The van der Waals surface area contributed by atoms with E-state index >= 15 is 0 Å². The highest BCUT2D eigenvalue weighted by Gasteiger charge is 2.17. The van der Waals surface area contributed by atoms with Crippen molar-refractivity contribution in [3.8, 4) is 0 Å². The van der Waals surface area contributed by atoms with Crippen molar-refractivity contribution in [3.63, 3.8) is 0 Å². The normalized spacial score (nSPS) is 9.00. The summed E-state index contributed by atoms with van der Waals surface area (Å²) in [7, 11) is 0. The van der Waals surface area contributed by atoms with E-state index in [0.717, 1.165) is 11.1 Å². The molecule has 0 amide bonds. The summed E-state index contributed by atoms with van der Waals surface area (Å²) in [5, 5.41) is 0. The maximum atomic E-state index is 4.17. The highest BCUT2D eigenvalue weighted by Crippen LogP contribution is 2.30. The molecule has 0 aliphatic rings. The summed E-state index contributed by atoms with van der Waals surface area (Å²) in [5.41, 5.74) is 8.07. The molecule has 0 aliphatic carbocycles. The Morgan fingerprint density at radius 2 is 1.08 bits per heavy atom. The van der Waals surface area contributed by atoms with Gasteiger partial charge in [-0.1, -0.05) is 221 Å². The van der Waals surface area contributed by atoms with E-state index in [2.05, 4.69) is 132 Å². The molecular weight excluding hydrogens is 577 g/mol. The highest BCUT2D eigenvalue weighted by molar-refractivity contribution is 5.73. The third-order valence-electron chi connectivity index (χ3n) is 6.67. The van der Waals surface area contributed by atoms with Crippen molar-refractivity contribution in [2.45, 2.75) is 184 Å². The van der Waals surface area contributed by atoms with Crippen LogP contribution in [0.1, 0.15) is 190 Å². The summed E-state index contributed by atoms with van der Waals surface area (Å²) in [6.07, 6.45) is 17.1. The van der Waals surface area contributed by atoms with Crippen LogP contribution in [-0.2, 0) is 5.41 Å². The van der Waals surface area contributed by atoms with Gasteiger partial charge in [-0.3, -0.25) is 0 Å². The van der Waals surface area contributed by atoms with E-state index in [4.69, 9.17) is 0 Å². The van der Waals surface area contributed by atoms with Crippen LogP contribution in [0.5, 0.6) is 0 Å². The Labute approximate surface area is 309 Å². The second-order valence-corrected chi connectivity index (χ2v) is 11.8. The summed E-state index contributed by atoms with van der Waals surface area (Å²) >= 11 is 0. The minimum Gasteiger partial charge on any atom is -0.103 e. The first-order valence-corrected chi connectivity index (χ1v) is 18.0. The quantitative estimate of drug-likeness (QED) is 0.191. The fraction of sp³-hybridized carbons (Fsp3) is 0.583. The first kappa shape index (κ1) is 67.5. The van der Waals surface area contributed by atoms with E-state index in [9.17, 15) is 0 Å². The van der Waals surface area contributed by atoms with E-state index in [1.165, 1.54) is 48.0 Å². The van der Waals surface area contributed by atoms with Crippen molar-refractivity contribution in [2.75, 3.05) is 0 Å². The Kier molecular flexibility index (Phi) is 68.7. The molecule has 0 saturated carbocycles. The molecule has 0 nitrogen and oxygen atoms in total. The molecule has 0 heterocycles. The van der Waals surface area contributed by atoms with Crippen molar-refractivity contribution < 1.29 is 0 Å². The Bertz CT molecular complexity index is 894. The number of allylic oxidation sites excluding steroid dienone is 10. The zero-order valence-corrected chi connectivity index (χ0v) is 35.4. The lowest BCUT2D eigenvalue weighted by atomic mass is 9.81. The molecule has 0 fully saturated rings. The predicted octanol–water partition coefficient (Wildman–Crippen LogP) is 18.4. The molecule has 0 heteroatoms. The summed E-state index contributed by atoms with van der Waals surface area (Å²) < 4.78 is 0. The highest BCUT2D eigenvalue weighted by atomic mass is 14.2. The van der Waals surface area contributed by atoms with E-state index in [-0.39, 0.29) is 20.3 Å². The fourth-order valence-electron chi connectivity index (χ4n) is 2.88. The lowest BCUT2D eigenvalue weighted by Crippen LogP contribution is -2.12. The number of hydrogen-bond acceptors (Lipinski definition) is 0. The largest absolute Gasteiger partial charge is 0.103 e. The van der Waals surface area contributed by atoms with Gasteiger partial charge in [0.05, 0.1) is 0 Å². The standard InChI is InChI=1S/C19H26.C9H20.C5H8.C4H8.C3H6.3C2H6.2CH4/c1-14(2)15(3)11-12-16(4)17-9-8-10-18(13-17)19(5,6)7;1-5-8-9(4,6-2)7-3;1-4-5(2)3;1-3-4-2;1-3-2;3*1-2;;/h8-13H,4H2,1-3,5-7H3;5-8H2,1-4H3;4H,1-2H2,3H3;3-4H,1-2H3;3H,1H2,2H3;3*1-2H3;2*1H4/b12-11-;;;4-3-;;;;;;. The van der Waals surface area contributed by atoms with Crippen molar-refractivity contribution in [1.82, 2.24) is 0 Å². The van der Waals surface area contributed by atoms with Gasteiger partial charge in [0.2, 0.25) is 0 Å². The molecule has 0 aromatic heterocycles. The van der Waals surface area contributed by atoms with E-state index in [0.29, 0.717) is 5.41 Å². The number of hydrogen-bond donors (Lipinski definition) is 0. The SMILES string of the molecule is C.C.C/C=C\C.C=C(/C=C\C(C)=C(C)C)c1cccc(C(C)(C)C)c1.C=CC.C=CC(=C)C.CC.CC.CC.CCCC(C)(CC)CC. The Morgan fingerprint density at radius 3 is 1.31 bits per heavy atom. The van der Waals surface area contributed by atoms with Gasteiger partial charge in [0.15, 0.2) is 0 Å². The van der Waals surface area contributed by atoms with Gasteiger partial charge in [0, 0.05) is 0 Å². The molecule has 1 aromatic rings. The van der Waals surface area contributed by atoms with E-state index in [1.54, 1.807) is 12.2 Å². The molecule has 48 heavy (non-hydrogen) atoms. The maximum absolute atomic E-state index is 4.17. The molecule has 0 aliphatic heterocycles. The van der Waals surface area contributed by atoms with Gasteiger partial charge < -0.3 is 0 Å². The molecule has 0 N–H and O–H groups in total. The maximum Gasteiger partial charge on any atom is -0.0132 e. The second-order valence-electron chi connectivity index (χ2n) is 11.8. The summed E-state index contributed by atoms with van der Waals surface area (Å²) in [4.78, 5) is 0. The molecule has 0 atom stereocenters. The molecule has 1 rings (SSSR count). The van der Waals surface area contributed by atoms with Crippen LogP contribution in [0.3, 0.4) is 0 Å². The third-order valence-corrected chi connectivity index (χ3v) is 6.67. The first-order chi connectivity index (χ1) is 21.5. The van der Waals surface area contributed by atoms with Gasteiger partial charge in [-0.15, -0.1) is 6.58 Å². The van der Waals surface area contributed by atoms with Crippen LogP contribution in [0.2, 0.25) is 0 Å². The van der Waals surface area contributed by atoms with Crippen LogP contribution in [0.15, 0.2) is 104 Å². The summed E-state index contributed by atoms with van der Waals surface area (Å²) in [6, 6.07) is 8.66. The lowest BCUT2D eigenvalue weighted by molar-refractivity contribution is 0.270. The summed E-state index contributed by atoms with van der Waals surface area (Å²) in [6.45, 7) is 56.7. The minimum absolute atomic E-state index is 0. The average molecular weight is 671 g/mol. The van der Waals surface area contributed by atoms with E-state index < -0.39 is 0 Å². The van der Waals surface area contributed by atoms with Crippen LogP contribution in [0.4, 0.5) is 0 Å². The third kappa shape index (κ3) is 50.3. The lowest BCUT2D eigenvalue weighted by Gasteiger charge is -2.25. The zero-order chi connectivity index (χ0) is 38.4. The number of rotatable bonds is 8. The monoisotopic (exact) mass is 671 g/mol. The van der Waals surface area contributed by atoms with Gasteiger partial charge in [-0.2, -0.15) is 0 Å². The van der Waals surface area contributed by atoms with Gasteiger partial charge in [-0.25, -0.2) is 0 Å². The van der Waals surface area contributed by atoms with Crippen molar-refractivity contribution >= 4 is 5.57 Å². The smallest absolute Gasteiger partial charge is 0.0132 e. The molecule has 0 bridgehead atoms. The molecule has 286 valence electrons. The summed E-state index contributed by atoms with van der Waals surface area (Å²) in [5.74, 6) is 0. The van der Waals surface area contributed by atoms with E-state index in [1.807, 2.05) is 81.4 Å². The minimum atomic E-state index is 0. The van der Waals surface area contributed by atoms with Crippen LogP contribution in [0, 0.1) is 5.41 Å². The Balaban J connectivity index is -0.0000000630. The van der Waals surface area contributed by atoms with Crippen molar-refractivity contribution in [3.05, 3.63) is 115 Å². The second kappa shape index (κ2) is 48.8. The predicted molar refractivity (Wildman–Crippen MR) is 240 cm³/mol. The van der Waals surface area contributed by atoms with Gasteiger partial charge >= 0.3 is 0 Å². The molecule has 1 aromatic carbocycles. The fourth-order valence-corrected chi connectivity index (χ4v) is 2.88. The topological polar surface area (TPSA) is 0 Å². The van der Waals surface area contributed by atoms with Crippen LogP contribution >= 0.6 is 0 Å². The van der Waals surface area contributed by atoms with Gasteiger partial charge in [-0.05, 0) is 82.4 Å². The Hall–Kier alpha value is -2.60. The molecule has 0 unspecified atom stereocenters. The van der Waals surface area contributed by atoms with Crippen molar-refractivity contribution in [1.29, 1.82) is 0 Å². The van der Waals surface area contributed by atoms with Crippen molar-refractivity contribution in [2.24, 2.45) is 5.41 Å². The molecular formula is C48H94. The molecule has 0 radical (unpaired) electrons. The number of benzene rings is 1. The zero-order valence-electron chi connectivity index (χ0n) is 35.4.